The van der Waals surface area contributed by atoms with Crippen LogP contribution in [0.2, 0.25) is 0 Å². The molecule has 0 radical (unpaired) electrons. The van der Waals surface area contributed by atoms with E-state index < -0.39 is 15.9 Å². The zero-order valence-corrected chi connectivity index (χ0v) is 19.8. The number of carbonyl (C=O) groups is 1. The Morgan fingerprint density at radius 2 is 1.82 bits per heavy atom. The van der Waals surface area contributed by atoms with E-state index in [4.69, 9.17) is 15.9 Å². The Balaban J connectivity index is 1.68. The van der Waals surface area contributed by atoms with Crippen LogP contribution in [0.4, 0.5) is 0 Å². The van der Waals surface area contributed by atoms with Crippen LogP contribution in [0.1, 0.15) is 10.4 Å². The van der Waals surface area contributed by atoms with Crippen molar-refractivity contribution in [2.24, 2.45) is 4.99 Å². The van der Waals surface area contributed by atoms with Gasteiger partial charge in [0.15, 0.2) is 16.3 Å². The largest absolute Gasteiger partial charge is 0.454 e. The standard InChI is InChI=1S/C24H21N3O5S2/c1-4-11-26(12-5-2)34(29,30)18-9-7-17(8-10-18)23(28)25-24-27(13-6-3)19-14-20-21(32-16-31-20)15-22(19)33-24/h3-5,7-10,14-15H,1-2,11-13,16H2. The molecule has 0 unspecified atom stereocenters. The summed E-state index contributed by atoms with van der Waals surface area (Å²) in [5.74, 6) is 3.29. The fraction of sp³-hybridized carbons (Fsp3) is 0.167. The molecule has 0 aliphatic carbocycles. The lowest BCUT2D eigenvalue weighted by atomic mass is 10.2. The molecule has 4 rings (SSSR count). The van der Waals surface area contributed by atoms with Crippen LogP contribution in [0.25, 0.3) is 10.2 Å². The monoisotopic (exact) mass is 495 g/mol. The first-order valence-electron chi connectivity index (χ1n) is 10.2. The maximum Gasteiger partial charge on any atom is 0.279 e. The summed E-state index contributed by atoms with van der Waals surface area (Å²) in [7, 11) is -3.76. The summed E-state index contributed by atoms with van der Waals surface area (Å²) in [6, 6.07) is 9.29. The highest BCUT2D eigenvalue weighted by atomic mass is 32.2. The summed E-state index contributed by atoms with van der Waals surface area (Å²) < 4.78 is 40.4. The van der Waals surface area contributed by atoms with E-state index in [-0.39, 0.29) is 36.9 Å². The summed E-state index contributed by atoms with van der Waals surface area (Å²) >= 11 is 1.30. The van der Waals surface area contributed by atoms with Gasteiger partial charge >= 0.3 is 0 Å². The number of ether oxygens (including phenoxy) is 2. The van der Waals surface area contributed by atoms with E-state index in [9.17, 15) is 13.2 Å². The van der Waals surface area contributed by atoms with Crippen molar-refractivity contribution < 1.29 is 22.7 Å². The molecule has 0 atom stereocenters. The van der Waals surface area contributed by atoms with Gasteiger partial charge in [-0.1, -0.05) is 29.4 Å². The van der Waals surface area contributed by atoms with Gasteiger partial charge in [0, 0.05) is 30.8 Å². The minimum absolute atomic E-state index is 0.0616. The van der Waals surface area contributed by atoms with Crippen LogP contribution in [0.3, 0.4) is 0 Å². The van der Waals surface area contributed by atoms with Gasteiger partial charge in [0.05, 0.1) is 21.7 Å². The van der Waals surface area contributed by atoms with Gasteiger partial charge in [-0.2, -0.15) is 9.30 Å². The topological polar surface area (TPSA) is 90.2 Å². The summed E-state index contributed by atoms with van der Waals surface area (Å²) in [5, 5.41) is 0. The molecular formula is C24H21N3O5S2. The predicted molar refractivity (Wildman–Crippen MR) is 130 cm³/mol. The second-order valence-corrected chi connectivity index (χ2v) is 10.1. The van der Waals surface area contributed by atoms with Crippen molar-refractivity contribution in [1.29, 1.82) is 0 Å². The lowest BCUT2D eigenvalue weighted by molar-refractivity contribution is 0.0997. The van der Waals surface area contributed by atoms with Crippen LogP contribution in [-0.2, 0) is 16.6 Å². The molecule has 1 aromatic heterocycles. The molecule has 0 fully saturated rings. The van der Waals surface area contributed by atoms with E-state index in [1.165, 1.54) is 52.1 Å². The lowest BCUT2D eigenvalue weighted by Crippen LogP contribution is -2.31. The average Bonchev–Trinajstić information content (AvgIpc) is 3.41. The number of nitrogens with zero attached hydrogens (tertiary/aromatic N) is 3. The molecule has 0 bridgehead atoms. The molecule has 0 saturated carbocycles. The molecule has 0 spiro atoms. The number of thiazole rings is 1. The third-order valence-corrected chi connectivity index (χ3v) is 7.92. The number of sulfonamides is 1. The Kier molecular flexibility index (Phi) is 6.70. The number of aromatic nitrogens is 1. The molecule has 10 heteroatoms. The first-order chi connectivity index (χ1) is 16.4. The smallest absolute Gasteiger partial charge is 0.279 e. The number of fused-ring (bicyclic) bond motifs is 2. The molecule has 2 aromatic carbocycles. The second-order valence-electron chi connectivity index (χ2n) is 7.19. The van der Waals surface area contributed by atoms with Crippen molar-refractivity contribution in [3.8, 4) is 23.8 Å². The van der Waals surface area contributed by atoms with Gasteiger partial charge in [0.1, 0.15) is 0 Å². The zero-order valence-electron chi connectivity index (χ0n) is 18.1. The first-order valence-corrected chi connectivity index (χ1v) is 12.4. The Hall–Kier alpha value is -3.65. The van der Waals surface area contributed by atoms with Gasteiger partial charge in [-0.25, -0.2) is 8.42 Å². The van der Waals surface area contributed by atoms with Gasteiger partial charge in [0.2, 0.25) is 16.8 Å². The van der Waals surface area contributed by atoms with Crippen molar-refractivity contribution in [2.45, 2.75) is 11.4 Å². The van der Waals surface area contributed by atoms with E-state index in [0.29, 0.717) is 16.3 Å². The maximum atomic E-state index is 12.9. The molecule has 174 valence electrons. The first kappa shape index (κ1) is 23.5. The highest BCUT2D eigenvalue weighted by molar-refractivity contribution is 7.89. The number of rotatable bonds is 8. The normalized spacial score (nSPS) is 13.2. The third-order valence-electron chi connectivity index (χ3n) is 5.03. The van der Waals surface area contributed by atoms with Gasteiger partial charge in [-0.3, -0.25) is 4.79 Å². The zero-order chi connectivity index (χ0) is 24.3. The molecular weight excluding hydrogens is 474 g/mol. The van der Waals surface area contributed by atoms with E-state index in [1.54, 1.807) is 4.57 Å². The molecule has 0 N–H and O–H groups in total. The van der Waals surface area contributed by atoms with Crippen LogP contribution in [-0.4, -0.2) is 43.1 Å². The quantitative estimate of drug-likeness (QED) is 0.354. The highest BCUT2D eigenvalue weighted by Crippen LogP contribution is 2.37. The number of carbonyl (C=O) groups excluding carboxylic acids is 1. The number of hydrogen-bond donors (Lipinski definition) is 0. The van der Waals surface area contributed by atoms with E-state index in [1.807, 2.05) is 12.1 Å². The van der Waals surface area contributed by atoms with Gasteiger partial charge < -0.3 is 14.0 Å². The SMILES string of the molecule is C#CCn1c(=NC(=O)c2ccc(S(=O)(=O)N(CC=C)CC=C)cc2)sc2cc3c(cc21)OCO3. The van der Waals surface area contributed by atoms with Gasteiger partial charge in [0.25, 0.3) is 5.91 Å². The fourth-order valence-electron chi connectivity index (χ4n) is 3.42. The van der Waals surface area contributed by atoms with E-state index in [2.05, 4.69) is 24.1 Å². The Morgan fingerprint density at radius 3 is 2.44 bits per heavy atom. The van der Waals surface area contributed by atoms with Crippen LogP contribution < -0.4 is 14.3 Å². The molecule has 2 heterocycles. The molecule has 3 aromatic rings. The number of hydrogen-bond acceptors (Lipinski definition) is 6. The summed E-state index contributed by atoms with van der Waals surface area (Å²) in [5.41, 5.74) is 1.03. The van der Waals surface area contributed by atoms with Gasteiger partial charge in [-0.05, 0) is 24.3 Å². The Bertz CT molecular complexity index is 1480. The third kappa shape index (κ3) is 4.41. The van der Waals surface area contributed by atoms with Crippen LogP contribution in [0.15, 0.2) is 71.6 Å². The Labute approximate surface area is 201 Å². The van der Waals surface area contributed by atoms with Crippen LogP contribution in [0, 0.1) is 12.3 Å². The fourth-order valence-corrected chi connectivity index (χ4v) is 5.84. The average molecular weight is 496 g/mol. The van der Waals surface area contributed by atoms with Crippen LogP contribution in [0.5, 0.6) is 11.5 Å². The van der Waals surface area contributed by atoms with E-state index >= 15 is 0 Å². The minimum atomic E-state index is -3.76. The Morgan fingerprint density at radius 1 is 1.18 bits per heavy atom. The minimum Gasteiger partial charge on any atom is -0.454 e. The summed E-state index contributed by atoms with van der Waals surface area (Å²) in [6.45, 7) is 7.85. The highest BCUT2D eigenvalue weighted by Gasteiger charge is 2.23. The molecule has 1 amide bonds. The lowest BCUT2D eigenvalue weighted by Gasteiger charge is -2.19. The summed E-state index contributed by atoms with van der Waals surface area (Å²) in [4.78, 5) is 17.6. The number of amides is 1. The van der Waals surface area contributed by atoms with Gasteiger partial charge in [-0.15, -0.1) is 19.6 Å². The molecule has 8 nitrogen and oxygen atoms in total. The second kappa shape index (κ2) is 9.69. The van der Waals surface area contributed by atoms with Crippen molar-refractivity contribution in [1.82, 2.24) is 8.87 Å². The molecule has 34 heavy (non-hydrogen) atoms. The molecule has 1 aliphatic heterocycles. The van der Waals surface area contributed by atoms with E-state index in [0.717, 1.165) is 10.2 Å². The maximum absolute atomic E-state index is 12.9. The molecule has 1 aliphatic rings. The van der Waals surface area contributed by atoms with Crippen molar-refractivity contribution in [2.75, 3.05) is 19.9 Å². The van der Waals surface area contributed by atoms with Crippen molar-refractivity contribution in [3.05, 3.63) is 72.1 Å². The van der Waals surface area contributed by atoms with Crippen molar-refractivity contribution >= 4 is 37.5 Å². The van der Waals surface area contributed by atoms with Crippen molar-refractivity contribution in [3.63, 3.8) is 0 Å². The van der Waals surface area contributed by atoms with Crippen LogP contribution >= 0.6 is 11.3 Å². The summed E-state index contributed by atoms with van der Waals surface area (Å²) in [6.07, 6.45) is 8.54. The number of benzene rings is 2. The molecule has 0 saturated heterocycles. The predicted octanol–water partition coefficient (Wildman–Crippen LogP) is 3.17. The number of terminal acetylenes is 1.